The fourth-order valence-corrected chi connectivity index (χ4v) is 2.46. The molecule has 1 aliphatic rings. The second kappa shape index (κ2) is 5.95. The molecule has 4 heteroatoms. The maximum atomic E-state index is 12.6. The molecule has 2 N–H and O–H groups in total. The van der Waals surface area contributed by atoms with Crippen molar-refractivity contribution in [3.63, 3.8) is 0 Å². The van der Waals surface area contributed by atoms with Gasteiger partial charge in [-0.15, -0.1) is 0 Å². The summed E-state index contributed by atoms with van der Waals surface area (Å²) in [6, 6.07) is 11.8. The number of carbonyl (C=O) groups excluding carboxylic acids is 1. The second-order valence-corrected chi connectivity index (χ2v) is 5.49. The molecule has 108 valence electrons. The molecule has 1 aromatic heterocycles. The molecule has 1 aromatic carbocycles. The van der Waals surface area contributed by atoms with Crippen LogP contribution in [0.5, 0.6) is 0 Å². The number of nitrogens with zero attached hydrogens (tertiary/aromatic N) is 2. The summed E-state index contributed by atoms with van der Waals surface area (Å²) in [6.45, 7) is 0.629. The highest BCUT2D eigenvalue weighted by Gasteiger charge is 2.32. The molecule has 21 heavy (non-hydrogen) atoms. The lowest BCUT2D eigenvalue weighted by Gasteiger charge is -2.23. The van der Waals surface area contributed by atoms with Crippen molar-refractivity contribution in [3.05, 3.63) is 59.9 Å². The summed E-state index contributed by atoms with van der Waals surface area (Å²) in [4.78, 5) is 18.7. The largest absolute Gasteiger partial charge is 0.398 e. The summed E-state index contributed by atoms with van der Waals surface area (Å²) in [6.07, 6.45) is 6.12. The van der Waals surface area contributed by atoms with Crippen LogP contribution in [0.15, 0.2) is 48.8 Å². The Hall–Kier alpha value is -2.36. The molecule has 1 aliphatic carbocycles. The fraction of sp³-hybridized carbons (Fsp3) is 0.294. The van der Waals surface area contributed by atoms with E-state index in [1.165, 1.54) is 0 Å². The van der Waals surface area contributed by atoms with Crippen LogP contribution in [0.3, 0.4) is 0 Å². The summed E-state index contributed by atoms with van der Waals surface area (Å²) in [5.41, 5.74) is 8.59. The first-order valence-electron chi connectivity index (χ1n) is 7.26. The van der Waals surface area contributed by atoms with E-state index in [9.17, 15) is 4.79 Å². The summed E-state index contributed by atoms with van der Waals surface area (Å²) in [5.74, 6) is 0.138. The molecule has 1 amide bonds. The molecule has 2 aromatic rings. The number of pyridine rings is 1. The van der Waals surface area contributed by atoms with Gasteiger partial charge in [0.25, 0.3) is 0 Å². The SMILES string of the molecule is Nc1ccccc1CC(=O)N(Cc1cccnc1)C1CC1. The Balaban J connectivity index is 1.72. The first kappa shape index (κ1) is 13.6. The molecule has 0 atom stereocenters. The molecule has 0 aliphatic heterocycles. The van der Waals surface area contributed by atoms with Crippen LogP contribution >= 0.6 is 0 Å². The quantitative estimate of drug-likeness (QED) is 0.856. The minimum atomic E-state index is 0.138. The third kappa shape index (κ3) is 3.40. The average Bonchev–Trinajstić information content (AvgIpc) is 3.33. The van der Waals surface area contributed by atoms with Gasteiger partial charge < -0.3 is 10.6 Å². The first-order chi connectivity index (χ1) is 10.2. The van der Waals surface area contributed by atoms with Crippen LogP contribution in [0.25, 0.3) is 0 Å². The van der Waals surface area contributed by atoms with Crippen molar-refractivity contribution in [1.29, 1.82) is 0 Å². The van der Waals surface area contributed by atoms with Gasteiger partial charge >= 0.3 is 0 Å². The van der Waals surface area contributed by atoms with Crippen LogP contribution in [0, 0.1) is 0 Å². The number of nitrogen functional groups attached to an aromatic ring is 1. The Labute approximate surface area is 124 Å². The highest BCUT2D eigenvalue weighted by atomic mass is 16.2. The summed E-state index contributed by atoms with van der Waals surface area (Å²) in [7, 11) is 0. The van der Waals surface area contributed by atoms with Crippen LogP contribution in [-0.4, -0.2) is 21.8 Å². The standard InChI is InChI=1S/C17H19N3O/c18-16-6-2-1-5-14(16)10-17(21)20(15-7-8-15)12-13-4-3-9-19-11-13/h1-6,9,11,15H,7-8,10,12,18H2. The van der Waals surface area contributed by atoms with E-state index in [1.54, 1.807) is 6.20 Å². The highest BCUT2D eigenvalue weighted by molar-refractivity contribution is 5.81. The van der Waals surface area contributed by atoms with Gasteiger partial charge in [0.1, 0.15) is 0 Å². The number of hydrogen-bond donors (Lipinski definition) is 1. The van der Waals surface area contributed by atoms with Gasteiger partial charge in [0, 0.05) is 30.7 Å². The summed E-state index contributed by atoms with van der Waals surface area (Å²) >= 11 is 0. The smallest absolute Gasteiger partial charge is 0.227 e. The van der Waals surface area contributed by atoms with E-state index in [0.717, 1.165) is 24.0 Å². The van der Waals surface area contributed by atoms with E-state index in [0.29, 0.717) is 24.7 Å². The Morgan fingerprint density at radius 1 is 1.24 bits per heavy atom. The minimum Gasteiger partial charge on any atom is -0.398 e. The lowest BCUT2D eigenvalue weighted by molar-refractivity contribution is -0.131. The third-order valence-corrected chi connectivity index (χ3v) is 3.78. The lowest BCUT2D eigenvalue weighted by Crippen LogP contribution is -2.34. The van der Waals surface area contributed by atoms with Gasteiger partial charge in [0.05, 0.1) is 6.42 Å². The van der Waals surface area contributed by atoms with Gasteiger partial charge in [-0.05, 0) is 36.1 Å². The molecule has 1 fully saturated rings. The summed E-state index contributed by atoms with van der Waals surface area (Å²) in [5, 5.41) is 0. The van der Waals surface area contributed by atoms with Crippen molar-refractivity contribution in [2.75, 3.05) is 5.73 Å². The van der Waals surface area contributed by atoms with E-state index in [4.69, 9.17) is 5.73 Å². The molecular formula is C17H19N3O. The van der Waals surface area contributed by atoms with Crippen LogP contribution in [-0.2, 0) is 17.8 Å². The molecule has 0 bridgehead atoms. The van der Waals surface area contributed by atoms with Crippen molar-refractivity contribution >= 4 is 11.6 Å². The van der Waals surface area contributed by atoms with Crippen molar-refractivity contribution in [1.82, 2.24) is 9.88 Å². The molecule has 3 rings (SSSR count). The molecular weight excluding hydrogens is 262 g/mol. The molecule has 1 saturated carbocycles. The Morgan fingerprint density at radius 3 is 2.71 bits per heavy atom. The van der Waals surface area contributed by atoms with E-state index < -0.39 is 0 Å². The second-order valence-electron chi connectivity index (χ2n) is 5.49. The van der Waals surface area contributed by atoms with E-state index in [-0.39, 0.29) is 5.91 Å². The first-order valence-corrected chi connectivity index (χ1v) is 7.26. The normalized spacial score (nSPS) is 13.9. The van der Waals surface area contributed by atoms with Crippen molar-refractivity contribution in [3.8, 4) is 0 Å². The van der Waals surface area contributed by atoms with Gasteiger partial charge in [-0.1, -0.05) is 24.3 Å². The number of carbonyl (C=O) groups is 1. The zero-order chi connectivity index (χ0) is 14.7. The third-order valence-electron chi connectivity index (χ3n) is 3.78. The summed E-state index contributed by atoms with van der Waals surface area (Å²) < 4.78 is 0. The van der Waals surface area contributed by atoms with Crippen molar-refractivity contribution < 1.29 is 4.79 Å². The van der Waals surface area contributed by atoms with Crippen LogP contribution in [0.2, 0.25) is 0 Å². The van der Waals surface area contributed by atoms with Crippen molar-refractivity contribution in [2.45, 2.75) is 31.8 Å². The maximum Gasteiger partial charge on any atom is 0.227 e. The predicted octanol–water partition coefficient (Wildman–Crippen LogP) is 2.40. The number of hydrogen-bond acceptors (Lipinski definition) is 3. The fourth-order valence-electron chi connectivity index (χ4n) is 2.46. The molecule has 0 saturated heterocycles. The molecule has 0 radical (unpaired) electrons. The molecule has 4 nitrogen and oxygen atoms in total. The van der Waals surface area contributed by atoms with Gasteiger partial charge in [0.2, 0.25) is 5.91 Å². The van der Waals surface area contributed by atoms with E-state index in [1.807, 2.05) is 47.5 Å². The number of nitrogens with two attached hydrogens (primary N) is 1. The maximum absolute atomic E-state index is 12.6. The Bertz CT molecular complexity index is 623. The minimum absolute atomic E-state index is 0.138. The number of rotatable bonds is 5. The van der Waals surface area contributed by atoms with Crippen LogP contribution in [0.1, 0.15) is 24.0 Å². The molecule has 0 unspecified atom stereocenters. The number of anilines is 1. The Kier molecular flexibility index (Phi) is 3.86. The number of amides is 1. The zero-order valence-corrected chi connectivity index (χ0v) is 11.9. The molecule has 1 heterocycles. The lowest BCUT2D eigenvalue weighted by atomic mass is 10.1. The van der Waals surface area contributed by atoms with Crippen LogP contribution in [0.4, 0.5) is 5.69 Å². The van der Waals surface area contributed by atoms with Gasteiger partial charge in [-0.2, -0.15) is 0 Å². The molecule has 0 spiro atoms. The topological polar surface area (TPSA) is 59.2 Å². The number of benzene rings is 1. The van der Waals surface area contributed by atoms with Crippen LogP contribution < -0.4 is 5.73 Å². The monoisotopic (exact) mass is 281 g/mol. The average molecular weight is 281 g/mol. The van der Waals surface area contributed by atoms with Gasteiger partial charge in [-0.25, -0.2) is 0 Å². The zero-order valence-electron chi connectivity index (χ0n) is 11.9. The highest BCUT2D eigenvalue weighted by Crippen LogP contribution is 2.29. The van der Waals surface area contributed by atoms with E-state index in [2.05, 4.69) is 4.98 Å². The van der Waals surface area contributed by atoms with Gasteiger partial charge in [0.15, 0.2) is 0 Å². The number of para-hydroxylation sites is 1. The van der Waals surface area contributed by atoms with E-state index >= 15 is 0 Å². The predicted molar refractivity (Wildman–Crippen MR) is 82.4 cm³/mol. The van der Waals surface area contributed by atoms with Gasteiger partial charge in [-0.3, -0.25) is 9.78 Å². The van der Waals surface area contributed by atoms with Crippen molar-refractivity contribution in [2.24, 2.45) is 0 Å². The number of aromatic nitrogens is 1. The Morgan fingerprint density at radius 2 is 2.05 bits per heavy atom.